The third-order valence-corrected chi connectivity index (χ3v) is 3.65. The molecule has 2 rings (SSSR count). The molecular formula is C15H23N3O. The number of benzene rings is 1. The van der Waals surface area contributed by atoms with Crippen molar-refractivity contribution in [3.05, 3.63) is 35.9 Å². The van der Waals surface area contributed by atoms with E-state index in [2.05, 4.69) is 39.8 Å². The van der Waals surface area contributed by atoms with E-state index in [1.54, 1.807) is 7.05 Å². The molecule has 1 aliphatic heterocycles. The Morgan fingerprint density at radius 3 is 2.84 bits per heavy atom. The number of hydrogen-bond donors (Lipinski definition) is 2. The number of likely N-dealkylation sites (N-methyl/N-ethyl adjacent to an activating group) is 1. The lowest BCUT2D eigenvalue weighted by Gasteiger charge is -2.19. The van der Waals surface area contributed by atoms with E-state index in [-0.39, 0.29) is 11.9 Å². The summed E-state index contributed by atoms with van der Waals surface area (Å²) in [6.45, 7) is 5.01. The van der Waals surface area contributed by atoms with Gasteiger partial charge in [0.1, 0.15) is 0 Å². The highest BCUT2D eigenvalue weighted by molar-refractivity contribution is 5.80. The van der Waals surface area contributed by atoms with Crippen LogP contribution in [0.4, 0.5) is 0 Å². The quantitative estimate of drug-likeness (QED) is 0.830. The second-order valence-corrected chi connectivity index (χ2v) is 5.21. The minimum atomic E-state index is -0.119. The van der Waals surface area contributed by atoms with Crippen LogP contribution in [0.25, 0.3) is 0 Å². The minimum Gasteiger partial charge on any atom is -0.358 e. The summed E-state index contributed by atoms with van der Waals surface area (Å²) in [6, 6.07) is 10.8. The molecule has 2 atom stereocenters. The Morgan fingerprint density at radius 1 is 1.42 bits per heavy atom. The van der Waals surface area contributed by atoms with E-state index in [0.717, 1.165) is 26.1 Å². The first-order valence-electron chi connectivity index (χ1n) is 6.93. The van der Waals surface area contributed by atoms with Crippen LogP contribution < -0.4 is 10.6 Å². The monoisotopic (exact) mass is 261 g/mol. The predicted octanol–water partition coefficient (Wildman–Crippen LogP) is 0.985. The topological polar surface area (TPSA) is 44.4 Å². The smallest absolute Gasteiger partial charge is 0.236 e. The first kappa shape index (κ1) is 14.0. The highest BCUT2D eigenvalue weighted by Gasteiger charge is 2.25. The second-order valence-electron chi connectivity index (χ2n) is 5.21. The summed E-state index contributed by atoms with van der Waals surface area (Å²) in [7, 11) is 1.68. The van der Waals surface area contributed by atoms with Crippen molar-refractivity contribution >= 4 is 5.91 Å². The molecule has 0 aliphatic carbocycles. The summed E-state index contributed by atoms with van der Waals surface area (Å²) in [5, 5.41) is 6.07. The molecule has 0 saturated carbocycles. The van der Waals surface area contributed by atoms with Gasteiger partial charge in [-0.25, -0.2) is 0 Å². The van der Waals surface area contributed by atoms with Gasteiger partial charge in [-0.15, -0.1) is 0 Å². The van der Waals surface area contributed by atoms with E-state index >= 15 is 0 Å². The summed E-state index contributed by atoms with van der Waals surface area (Å²) in [4.78, 5) is 13.9. The standard InChI is InChI=1S/C15H23N3O/c1-12(15(19)16-2)17-14-8-9-18(11-14)10-13-6-4-3-5-7-13/h3-7,12,14,17H,8-11H2,1-2H3,(H,16,19). The van der Waals surface area contributed by atoms with Gasteiger partial charge in [-0.1, -0.05) is 30.3 Å². The van der Waals surface area contributed by atoms with Crippen LogP contribution in [-0.4, -0.2) is 43.0 Å². The van der Waals surface area contributed by atoms with Crippen LogP contribution in [0.3, 0.4) is 0 Å². The number of nitrogens with one attached hydrogen (secondary N) is 2. The van der Waals surface area contributed by atoms with Gasteiger partial charge >= 0.3 is 0 Å². The molecule has 2 N–H and O–H groups in total. The molecular weight excluding hydrogens is 238 g/mol. The molecule has 0 aromatic heterocycles. The lowest BCUT2D eigenvalue weighted by molar-refractivity contribution is -0.122. The van der Waals surface area contributed by atoms with Crippen molar-refractivity contribution < 1.29 is 4.79 Å². The molecule has 4 heteroatoms. The third-order valence-electron chi connectivity index (χ3n) is 3.65. The van der Waals surface area contributed by atoms with Gasteiger partial charge in [0.25, 0.3) is 0 Å². The molecule has 0 bridgehead atoms. The Kier molecular flexibility index (Phi) is 4.93. The van der Waals surface area contributed by atoms with Crippen LogP contribution in [0.2, 0.25) is 0 Å². The van der Waals surface area contributed by atoms with E-state index in [4.69, 9.17) is 0 Å². The van der Waals surface area contributed by atoms with Gasteiger partial charge in [-0.05, 0) is 18.9 Å². The van der Waals surface area contributed by atoms with Crippen LogP contribution in [0.15, 0.2) is 30.3 Å². The molecule has 1 aromatic carbocycles. The summed E-state index contributed by atoms with van der Waals surface area (Å²) in [6.07, 6.45) is 1.11. The minimum absolute atomic E-state index is 0.0570. The number of carbonyl (C=O) groups is 1. The van der Waals surface area contributed by atoms with Crippen molar-refractivity contribution in [2.45, 2.75) is 32.0 Å². The van der Waals surface area contributed by atoms with E-state index in [1.165, 1.54) is 5.56 Å². The van der Waals surface area contributed by atoms with Gasteiger partial charge < -0.3 is 10.6 Å². The highest BCUT2D eigenvalue weighted by atomic mass is 16.2. The fourth-order valence-corrected chi connectivity index (χ4v) is 2.60. The zero-order chi connectivity index (χ0) is 13.7. The van der Waals surface area contributed by atoms with Crippen LogP contribution in [0.5, 0.6) is 0 Å². The predicted molar refractivity (Wildman–Crippen MR) is 76.8 cm³/mol. The van der Waals surface area contributed by atoms with Crippen LogP contribution in [-0.2, 0) is 11.3 Å². The van der Waals surface area contributed by atoms with Gasteiger partial charge in [-0.2, -0.15) is 0 Å². The normalized spacial score (nSPS) is 21.3. The molecule has 1 amide bonds. The van der Waals surface area contributed by atoms with Gasteiger partial charge in [-0.3, -0.25) is 9.69 Å². The summed E-state index contributed by atoms with van der Waals surface area (Å²) in [5.41, 5.74) is 1.35. The Hall–Kier alpha value is -1.39. The Bertz CT molecular complexity index is 407. The fraction of sp³-hybridized carbons (Fsp3) is 0.533. The average molecular weight is 261 g/mol. The first-order chi connectivity index (χ1) is 9.19. The zero-order valence-corrected chi connectivity index (χ0v) is 11.7. The van der Waals surface area contributed by atoms with Crippen molar-refractivity contribution in [1.82, 2.24) is 15.5 Å². The largest absolute Gasteiger partial charge is 0.358 e. The maximum atomic E-state index is 11.5. The second kappa shape index (κ2) is 6.68. The molecule has 1 fully saturated rings. The molecule has 0 spiro atoms. The molecule has 19 heavy (non-hydrogen) atoms. The van der Waals surface area contributed by atoms with Crippen molar-refractivity contribution in [3.8, 4) is 0 Å². The number of amides is 1. The van der Waals surface area contributed by atoms with Gasteiger partial charge in [0, 0.05) is 32.7 Å². The molecule has 104 valence electrons. The van der Waals surface area contributed by atoms with Gasteiger partial charge in [0.15, 0.2) is 0 Å². The van der Waals surface area contributed by atoms with Gasteiger partial charge in [0.05, 0.1) is 6.04 Å². The van der Waals surface area contributed by atoms with Crippen LogP contribution in [0, 0.1) is 0 Å². The van der Waals surface area contributed by atoms with Gasteiger partial charge in [0.2, 0.25) is 5.91 Å². The Labute approximate surface area is 115 Å². The van der Waals surface area contributed by atoms with E-state index in [9.17, 15) is 4.79 Å². The number of hydrogen-bond acceptors (Lipinski definition) is 3. The molecule has 4 nitrogen and oxygen atoms in total. The summed E-state index contributed by atoms with van der Waals surface area (Å²) >= 11 is 0. The van der Waals surface area contributed by atoms with E-state index < -0.39 is 0 Å². The fourth-order valence-electron chi connectivity index (χ4n) is 2.60. The maximum Gasteiger partial charge on any atom is 0.236 e. The summed E-state index contributed by atoms with van der Waals surface area (Å²) < 4.78 is 0. The van der Waals surface area contributed by atoms with Crippen LogP contribution in [0.1, 0.15) is 18.9 Å². The lowest BCUT2D eigenvalue weighted by atomic mass is 10.2. The van der Waals surface area contributed by atoms with Crippen molar-refractivity contribution in [2.24, 2.45) is 0 Å². The van der Waals surface area contributed by atoms with E-state index in [1.807, 2.05) is 13.0 Å². The van der Waals surface area contributed by atoms with Crippen LogP contribution >= 0.6 is 0 Å². The molecule has 1 aromatic rings. The third kappa shape index (κ3) is 4.04. The molecule has 2 unspecified atom stereocenters. The average Bonchev–Trinajstić information content (AvgIpc) is 2.86. The SMILES string of the molecule is CNC(=O)C(C)NC1CCN(Cc2ccccc2)C1. The van der Waals surface area contributed by atoms with Crippen molar-refractivity contribution in [2.75, 3.05) is 20.1 Å². The van der Waals surface area contributed by atoms with E-state index in [0.29, 0.717) is 6.04 Å². The van der Waals surface area contributed by atoms with Crippen molar-refractivity contribution in [3.63, 3.8) is 0 Å². The summed E-state index contributed by atoms with van der Waals surface area (Å²) in [5.74, 6) is 0.0570. The molecule has 0 radical (unpaired) electrons. The molecule has 1 aliphatic rings. The zero-order valence-electron chi connectivity index (χ0n) is 11.7. The maximum absolute atomic E-state index is 11.5. The molecule has 1 saturated heterocycles. The number of likely N-dealkylation sites (tertiary alicyclic amines) is 1. The van der Waals surface area contributed by atoms with Crippen molar-refractivity contribution in [1.29, 1.82) is 0 Å². The highest BCUT2D eigenvalue weighted by Crippen LogP contribution is 2.13. The number of carbonyl (C=O) groups excluding carboxylic acids is 1. The number of rotatable bonds is 5. The number of nitrogens with zero attached hydrogens (tertiary/aromatic N) is 1. The Balaban J connectivity index is 1.79. The first-order valence-corrected chi connectivity index (χ1v) is 6.93. The molecule has 1 heterocycles. The lowest BCUT2D eigenvalue weighted by Crippen LogP contribution is -2.46. The Morgan fingerprint density at radius 2 is 2.16 bits per heavy atom.